The van der Waals surface area contributed by atoms with Crippen LogP contribution in [0.15, 0.2) is 0 Å². The Hall–Kier alpha value is -0.220. The van der Waals surface area contributed by atoms with Gasteiger partial charge in [0.15, 0.2) is 0 Å². The Morgan fingerprint density at radius 3 is 1.38 bits per heavy atom. The molecule has 194 valence electrons. The Morgan fingerprint density at radius 2 is 1.03 bits per heavy atom. The van der Waals surface area contributed by atoms with Gasteiger partial charge < -0.3 is 9.47 Å². The highest BCUT2D eigenvalue weighted by molar-refractivity contribution is 8.00. The van der Waals surface area contributed by atoms with Crippen LogP contribution in [0.2, 0.25) is 0 Å². The molecule has 0 N–H and O–H groups in total. The quantitative estimate of drug-likeness (QED) is 0.160. The monoisotopic (exact) mass is 500 g/mol. The summed E-state index contributed by atoms with van der Waals surface area (Å²) in [6, 6.07) is 0. The minimum atomic E-state index is -4.49. The van der Waals surface area contributed by atoms with Crippen LogP contribution in [-0.2, 0) is 33.3 Å². The standard InChI is InChI=1S/C23H48O7S2/c1-5-6-7-8-9-10-11-12-13-14-15-16-17-18-19-20-21-29-22-23(2,28-3)32(26,27)30-31(4,24)25/h5-22H2,1-4H3. The lowest BCUT2D eigenvalue weighted by Crippen LogP contribution is -2.44. The predicted octanol–water partition coefficient (Wildman–Crippen LogP) is 5.93. The van der Waals surface area contributed by atoms with E-state index in [1.807, 2.05) is 0 Å². The van der Waals surface area contributed by atoms with Gasteiger partial charge in [0.25, 0.3) is 10.1 Å². The van der Waals surface area contributed by atoms with Crippen LogP contribution < -0.4 is 0 Å². The lowest BCUT2D eigenvalue weighted by Gasteiger charge is -2.26. The molecule has 32 heavy (non-hydrogen) atoms. The summed E-state index contributed by atoms with van der Waals surface area (Å²) >= 11 is 0. The zero-order chi connectivity index (χ0) is 24.3. The average molecular weight is 501 g/mol. The second-order valence-electron chi connectivity index (χ2n) is 8.92. The smallest absolute Gasteiger partial charge is 0.314 e. The Bertz CT molecular complexity index is 647. The average Bonchev–Trinajstić information content (AvgIpc) is 2.70. The van der Waals surface area contributed by atoms with E-state index < -0.39 is 25.2 Å². The van der Waals surface area contributed by atoms with E-state index in [1.54, 1.807) is 0 Å². The molecule has 0 saturated heterocycles. The minimum Gasteiger partial charge on any atom is -0.377 e. The van der Waals surface area contributed by atoms with Gasteiger partial charge in [0.05, 0.1) is 12.9 Å². The molecule has 0 fully saturated rings. The van der Waals surface area contributed by atoms with E-state index in [0.29, 0.717) is 12.9 Å². The topological polar surface area (TPSA) is 96.0 Å². The fraction of sp³-hybridized carbons (Fsp3) is 1.00. The van der Waals surface area contributed by atoms with Crippen molar-refractivity contribution < 1.29 is 29.9 Å². The summed E-state index contributed by atoms with van der Waals surface area (Å²) in [6.07, 6.45) is 21.2. The molecule has 0 rings (SSSR count). The summed E-state index contributed by atoms with van der Waals surface area (Å²) in [6.45, 7) is 3.60. The molecule has 9 heteroatoms. The fourth-order valence-electron chi connectivity index (χ4n) is 3.48. The van der Waals surface area contributed by atoms with Gasteiger partial charge in [-0.3, -0.25) is 0 Å². The summed E-state index contributed by atoms with van der Waals surface area (Å²) in [7, 11) is -7.47. The van der Waals surface area contributed by atoms with E-state index >= 15 is 0 Å². The van der Waals surface area contributed by atoms with Crippen molar-refractivity contribution in [3.63, 3.8) is 0 Å². The van der Waals surface area contributed by atoms with Crippen LogP contribution in [0.4, 0.5) is 0 Å². The first-order valence-electron chi connectivity index (χ1n) is 12.4. The van der Waals surface area contributed by atoms with Crippen LogP contribution in [-0.4, -0.2) is 48.3 Å². The van der Waals surface area contributed by atoms with E-state index in [9.17, 15) is 16.8 Å². The Kier molecular flexibility index (Phi) is 18.0. The lowest BCUT2D eigenvalue weighted by atomic mass is 10.0. The van der Waals surface area contributed by atoms with Gasteiger partial charge in [-0.05, 0) is 13.3 Å². The first-order chi connectivity index (χ1) is 15.1. The third-order valence-electron chi connectivity index (χ3n) is 5.68. The van der Waals surface area contributed by atoms with E-state index in [-0.39, 0.29) is 6.61 Å². The second-order valence-corrected chi connectivity index (χ2v) is 12.6. The maximum absolute atomic E-state index is 12.1. The van der Waals surface area contributed by atoms with Crippen molar-refractivity contribution >= 4 is 20.2 Å². The van der Waals surface area contributed by atoms with Gasteiger partial charge in [0.1, 0.15) is 0 Å². The van der Waals surface area contributed by atoms with Crippen LogP contribution in [0.3, 0.4) is 0 Å². The normalized spacial score (nSPS) is 14.5. The highest BCUT2D eigenvalue weighted by atomic mass is 32.3. The third-order valence-corrected chi connectivity index (χ3v) is 8.73. The SMILES string of the molecule is CCCCCCCCCCCCCCCCCCOCC(C)(OC)S(=O)(=O)OS(C)(=O)=O. The molecule has 0 spiro atoms. The van der Waals surface area contributed by atoms with E-state index in [0.717, 1.165) is 19.3 Å². The van der Waals surface area contributed by atoms with Gasteiger partial charge in [-0.2, -0.15) is 16.8 Å². The molecule has 0 amide bonds. The maximum Gasteiger partial charge on any atom is 0.314 e. The van der Waals surface area contributed by atoms with Gasteiger partial charge >= 0.3 is 10.1 Å². The number of hydrogen-bond acceptors (Lipinski definition) is 7. The zero-order valence-corrected chi connectivity index (χ0v) is 22.5. The molecular formula is C23H48O7S2. The first kappa shape index (κ1) is 31.8. The number of rotatable bonds is 23. The molecule has 7 nitrogen and oxygen atoms in total. The van der Waals surface area contributed by atoms with Crippen molar-refractivity contribution in [2.24, 2.45) is 0 Å². The molecule has 1 atom stereocenters. The molecule has 0 radical (unpaired) electrons. The number of unbranched alkanes of at least 4 members (excludes halogenated alkanes) is 15. The Labute approximate surface area is 198 Å². The van der Waals surface area contributed by atoms with Crippen molar-refractivity contribution in [1.29, 1.82) is 0 Å². The van der Waals surface area contributed by atoms with Gasteiger partial charge in [-0.15, -0.1) is 3.63 Å². The molecule has 0 saturated carbocycles. The van der Waals surface area contributed by atoms with Gasteiger partial charge in [0.2, 0.25) is 4.93 Å². The summed E-state index contributed by atoms with van der Waals surface area (Å²) in [5.74, 6) is 0. The summed E-state index contributed by atoms with van der Waals surface area (Å²) in [5, 5.41) is 0. The highest BCUT2D eigenvalue weighted by Gasteiger charge is 2.43. The predicted molar refractivity (Wildman–Crippen MR) is 131 cm³/mol. The van der Waals surface area contributed by atoms with E-state index in [2.05, 4.69) is 10.6 Å². The molecule has 0 heterocycles. The Balaban J connectivity index is 3.62. The highest BCUT2D eigenvalue weighted by Crippen LogP contribution is 2.22. The molecule has 0 aliphatic rings. The maximum atomic E-state index is 12.1. The van der Waals surface area contributed by atoms with Crippen LogP contribution in [0.5, 0.6) is 0 Å². The largest absolute Gasteiger partial charge is 0.377 e. The van der Waals surface area contributed by atoms with Crippen LogP contribution in [0.1, 0.15) is 117 Å². The van der Waals surface area contributed by atoms with Crippen molar-refractivity contribution in [3.05, 3.63) is 0 Å². The number of methoxy groups -OCH3 is 1. The molecule has 0 aliphatic carbocycles. The van der Waals surface area contributed by atoms with E-state index in [1.165, 1.54) is 97.5 Å². The van der Waals surface area contributed by atoms with Gasteiger partial charge in [-0.1, -0.05) is 103 Å². The van der Waals surface area contributed by atoms with Crippen molar-refractivity contribution in [3.8, 4) is 0 Å². The van der Waals surface area contributed by atoms with Crippen LogP contribution >= 0.6 is 0 Å². The third kappa shape index (κ3) is 16.4. The molecule has 0 bridgehead atoms. The van der Waals surface area contributed by atoms with Crippen molar-refractivity contribution in [2.45, 2.75) is 122 Å². The number of ether oxygens (including phenoxy) is 2. The molecular weight excluding hydrogens is 452 g/mol. The number of hydrogen-bond donors (Lipinski definition) is 0. The zero-order valence-electron chi connectivity index (χ0n) is 20.9. The summed E-state index contributed by atoms with van der Waals surface area (Å²) in [4.78, 5) is -1.87. The van der Waals surface area contributed by atoms with Crippen molar-refractivity contribution in [2.75, 3.05) is 26.6 Å². The molecule has 0 aromatic rings. The van der Waals surface area contributed by atoms with Crippen molar-refractivity contribution in [1.82, 2.24) is 0 Å². The minimum absolute atomic E-state index is 0.292. The lowest BCUT2D eigenvalue weighted by molar-refractivity contribution is -0.0144. The second kappa shape index (κ2) is 18.2. The van der Waals surface area contributed by atoms with Gasteiger partial charge in [-0.25, -0.2) is 0 Å². The fourth-order valence-corrected chi connectivity index (χ4v) is 5.79. The molecule has 0 aromatic carbocycles. The first-order valence-corrected chi connectivity index (χ1v) is 15.6. The molecule has 1 unspecified atom stereocenters. The summed E-state index contributed by atoms with van der Waals surface area (Å²) < 4.78 is 61.1. The summed E-state index contributed by atoms with van der Waals surface area (Å²) in [5.41, 5.74) is 0. The molecule has 0 aromatic heterocycles. The van der Waals surface area contributed by atoms with Crippen LogP contribution in [0.25, 0.3) is 0 Å². The molecule has 0 aliphatic heterocycles. The van der Waals surface area contributed by atoms with Crippen LogP contribution in [0, 0.1) is 0 Å². The Morgan fingerprint density at radius 1 is 0.656 bits per heavy atom. The van der Waals surface area contributed by atoms with E-state index in [4.69, 9.17) is 9.47 Å². The van der Waals surface area contributed by atoms with Gasteiger partial charge in [0, 0.05) is 13.7 Å².